The van der Waals surface area contributed by atoms with E-state index in [4.69, 9.17) is 16.6 Å². The molecule has 0 bridgehead atoms. The van der Waals surface area contributed by atoms with Gasteiger partial charge in [0.05, 0.1) is 6.54 Å². The van der Waals surface area contributed by atoms with Gasteiger partial charge in [-0.2, -0.15) is 0 Å². The fraction of sp³-hybridized carbons (Fsp3) is 0.526. The molecule has 1 fully saturated rings. The summed E-state index contributed by atoms with van der Waals surface area (Å²) in [6, 6.07) is 8.19. The summed E-state index contributed by atoms with van der Waals surface area (Å²) in [7, 11) is 0. The lowest BCUT2D eigenvalue weighted by molar-refractivity contribution is 0.629. The van der Waals surface area contributed by atoms with Gasteiger partial charge in [-0.1, -0.05) is 30.7 Å². The Kier molecular flexibility index (Phi) is 8.34. The lowest BCUT2D eigenvalue weighted by Crippen LogP contribution is -2.39. The summed E-state index contributed by atoms with van der Waals surface area (Å²) in [4.78, 5) is 4.83. The van der Waals surface area contributed by atoms with Crippen molar-refractivity contribution < 1.29 is 0 Å². The zero-order valence-electron chi connectivity index (χ0n) is 15.9. The Labute approximate surface area is 183 Å². The van der Waals surface area contributed by atoms with Gasteiger partial charge < -0.3 is 15.2 Å². The molecule has 2 aromatic rings. The molecule has 148 valence electrons. The van der Waals surface area contributed by atoms with Crippen molar-refractivity contribution in [2.24, 2.45) is 4.99 Å². The largest absolute Gasteiger partial charge is 0.357 e. The van der Waals surface area contributed by atoms with E-state index in [9.17, 15) is 0 Å². The zero-order valence-corrected chi connectivity index (χ0v) is 19.0. The highest BCUT2D eigenvalue weighted by molar-refractivity contribution is 14.0. The van der Waals surface area contributed by atoms with Crippen molar-refractivity contribution in [2.45, 2.75) is 45.1 Å². The first-order valence-corrected chi connectivity index (χ1v) is 9.69. The van der Waals surface area contributed by atoms with Crippen LogP contribution in [-0.4, -0.2) is 40.4 Å². The van der Waals surface area contributed by atoms with E-state index < -0.39 is 0 Å². The van der Waals surface area contributed by atoms with Crippen LogP contribution in [0.5, 0.6) is 0 Å². The number of guanidine groups is 1. The zero-order chi connectivity index (χ0) is 18.4. The molecule has 1 aliphatic carbocycles. The van der Waals surface area contributed by atoms with Gasteiger partial charge in [0.25, 0.3) is 0 Å². The third-order valence-corrected chi connectivity index (χ3v) is 5.10. The van der Waals surface area contributed by atoms with Crippen molar-refractivity contribution in [3.63, 3.8) is 0 Å². The van der Waals surface area contributed by atoms with Crippen LogP contribution in [0.1, 0.15) is 38.1 Å². The highest BCUT2D eigenvalue weighted by Crippen LogP contribution is 2.48. The number of benzene rings is 1. The minimum absolute atomic E-state index is 0. The van der Waals surface area contributed by atoms with E-state index in [1.165, 1.54) is 18.4 Å². The van der Waals surface area contributed by atoms with Gasteiger partial charge in [-0.15, -0.1) is 34.2 Å². The number of aliphatic imine (C=N–C) groups is 1. The normalized spacial score (nSPS) is 15.1. The van der Waals surface area contributed by atoms with Crippen molar-refractivity contribution in [1.29, 1.82) is 0 Å². The van der Waals surface area contributed by atoms with E-state index in [0.29, 0.717) is 0 Å². The Morgan fingerprint density at radius 1 is 1.22 bits per heavy atom. The van der Waals surface area contributed by atoms with Crippen LogP contribution in [0.2, 0.25) is 5.02 Å². The van der Waals surface area contributed by atoms with Crippen molar-refractivity contribution in [3.05, 3.63) is 47.0 Å². The summed E-state index contributed by atoms with van der Waals surface area (Å²) in [6.07, 6.45) is 5.03. The van der Waals surface area contributed by atoms with E-state index in [0.717, 1.165) is 49.4 Å². The molecule has 0 spiro atoms. The van der Waals surface area contributed by atoms with Gasteiger partial charge in [0.2, 0.25) is 0 Å². The average molecular weight is 503 g/mol. The monoisotopic (exact) mass is 502 g/mol. The topological polar surface area (TPSA) is 67.1 Å². The molecule has 1 aromatic carbocycles. The van der Waals surface area contributed by atoms with Crippen molar-refractivity contribution in [1.82, 2.24) is 25.4 Å². The van der Waals surface area contributed by atoms with Crippen LogP contribution >= 0.6 is 35.6 Å². The molecular formula is C19H28ClIN6. The first-order chi connectivity index (χ1) is 12.7. The van der Waals surface area contributed by atoms with Gasteiger partial charge in [0, 0.05) is 36.5 Å². The number of hydrogen-bond donors (Lipinski definition) is 2. The molecule has 1 heterocycles. The lowest BCUT2D eigenvalue weighted by Gasteiger charge is -2.16. The number of nitrogens with one attached hydrogen (secondary N) is 2. The molecule has 0 unspecified atom stereocenters. The van der Waals surface area contributed by atoms with Crippen LogP contribution in [0.3, 0.4) is 0 Å². The second-order valence-corrected chi connectivity index (χ2v) is 7.14. The van der Waals surface area contributed by atoms with Crippen LogP contribution in [0.25, 0.3) is 0 Å². The van der Waals surface area contributed by atoms with Crippen molar-refractivity contribution in [2.75, 3.05) is 19.6 Å². The molecule has 6 nitrogen and oxygen atoms in total. The minimum Gasteiger partial charge on any atom is -0.357 e. The van der Waals surface area contributed by atoms with Gasteiger partial charge in [-0.05, 0) is 37.5 Å². The quantitative estimate of drug-likeness (QED) is 0.330. The molecule has 0 radical (unpaired) electrons. The molecule has 1 saturated carbocycles. The van der Waals surface area contributed by atoms with E-state index in [1.54, 1.807) is 6.33 Å². The predicted molar refractivity (Wildman–Crippen MR) is 121 cm³/mol. The molecule has 8 heteroatoms. The summed E-state index contributed by atoms with van der Waals surface area (Å²) in [5, 5.41) is 15.6. The number of nitrogens with zero attached hydrogens (tertiary/aromatic N) is 4. The molecule has 1 aliphatic rings. The third kappa shape index (κ3) is 5.81. The Morgan fingerprint density at radius 3 is 2.59 bits per heavy atom. The summed E-state index contributed by atoms with van der Waals surface area (Å²) in [5.41, 5.74) is 1.51. The summed E-state index contributed by atoms with van der Waals surface area (Å²) >= 11 is 6.01. The van der Waals surface area contributed by atoms with Gasteiger partial charge in [-0.3, -0.25) is 4.99 Å². The summed E-state index contributed by atoms with van der Waals surface area (Å²) < 4.78 is 2.08. The predicted octanol–water partition coefficient (Wildman–Crippen LogP) is 3.40. The maximum atomic E-state index is 6.01. The van der Waals surface area contributed by atoms with Gasteiger partial charge >= 0.3 is 0 Å². The Hall–Kier alpha value is -1.35. The van der Waals surface area contributed by atoms with Crippen LogP contribution < -0.4 is 10.6 Å². The van der Waals surface area contributed by atoms with Gasteiger partial charge in [0.1, 0.15) is 12.2 Å². The summed E-state index contributed by atoms with van der Waals surface area (Å²) in [5.74, 6) is 1.87. The third-order valence-electron chi connectivity index (χ3n) is 4.85. The molecule has 2 N–H and O–H groups in total. The lowest BCUT2D eigenvalue weighted by atomic mass is 9.96. The Morgan fingerprint density at radius 2 is 1.96 bits per heavy atom. The van der Waals surface area contributed by atoms with E-state index in [1.807, 2.05) is 12.1 Å². The van der Waals surface area contributed by atoms with E-state index in [-0.39, 0.29) is 29.4 Å². The standard InChI is InChI=1S/C19H27ClN6.HI/c1-3-17-25-24-14-26(17)12-11-22-18(21-4-2)23-13-19(9-10-19)15-5-7-16(20)8-6-15;/h5-8,14H,3-4,9-13H2,1-2H3,(H2,21,22,23);1H. The first-order valence-electron chi connectivity index (χ1n) is 9.32. The number of halogens is 2. The molecule has 0 aliphatic heterocycles. The fourth-order valence-electron chi connectivity index (χ4n) is 3.10. The molecule has 0 amide bonds. The number of aryl methyl sites for hydroxylation is 1. The van der Waals surface area contributed by atoms with Crippen LogP contribution in [-0.2, 0) is 18.4 Å². The summed E-state index contributed by atoms with van der Waals surface area (Å²) in [6.45, 7) is 7.40. The Bertz CT molecular complexity index is 739. The average Bonchev–Trinajstić information content (AvgIpc) is 3.30. The van der Waals surface area contributed by atoms with Crippen molar-refractivity contribution in [3.8, 4) is 0 Å². The van der Waals surface area contributed by atoms with Crippen LogP contribution in [0.15, 0.2) is 35.6 Å². The van der Waals surface area contributed by atoms with Crippen molar-refractivity contribution >= 4 is 41.5 Å². The molecule has 27 heavy (non-hydrogen) atoms. The molecule has 1 aromatic heterocycles. The molecular weight excluding hydrogens is 475 g/mol. The number of hydrogen-bond acceptors (Lipinski definition) is 3. The second-order valence-electron chi connectivity index (χ2n) is 6.70. The highest BCUT2D eigenvalue weighted by Gasteiger charge is 2.44. The maximum Gasteiger partial charge on any atom is 0.191 e. The Balaban J connectivity index is 0.00000261. The first kappa shape index (κ1) is 21.9. The van der Waals surface area contributed by atoms with Crippen LogP contribution in [0.4, 0.5) is 0 Å². The number of rotatable bonds is 8. The molecule has 0 saturated heterocycles. The van der Waals surface area contributed by atoms with Gasteiger partial charge in [-0.25, -0.2) is 0 Å². The minimum atomic E-state index is 0. The van der Waals surface area contributed by atoms with E-state index in [2.05, 4.69) is 51.4 Å². The smallest absolute Gasteiger partial charge is 0.191 e. The molecule has 3 rings (SSSR count). The SMILES string of the molecule is CCNC(=NCC1(c2ccc(Cl)cc2)CC1)NCCn1cnnc1CC.I. The maximum absolute atomic E-state index is 6.01. The van der Waals surface area contributed by atoms with E-state index >= 15 is 0 Å². The van der Waals surface area contributed by atoms with Crippen LogP contribution in [0, 0.1) is 0 Å². The fourth-order valence-corrected chi connectivity index (χ4v) is 3.22. The highest BCUT2D eigenvalue weighted by atomic mass is 127. The molecule has 0 atom stereocenters. The second kappa shape index (κ2) is 10.3. The number of aromatic nitrogens is 3. The van der Waals surface area contributed by atoms with Gasteiger partial charge in [0.15, 0.2) is 5.96 Å².